The molecule has 1 unspecified atom stereocenters. The summed E-state index contributed by atoms with van der Waals surface area (Å²) in [7, 11) is 1.52. The van der Waals surface area contributed by atoms with Gasteiger partial charge in [-0.2, -0.15) is 18.2 Å². The van der Waals surface area contributed by atoms with Crippen LogP contribution in [0.5, 0.6) is 11.8 Å². The van der Waals surface area contributed by atoms with Gasteiger partial charge in [-0.15, -0.1) is 0 Å². The Morgan fingerprint density at radius 1 is 1.03 bits per heavy atom. The molecular formula is C23H24F3N3O2. The van der Waals surface area contributed by atoms with Crippen molar-refractivity contribution in [2.24, 2.45) is 0 Å². The highest BCUT2D eigenvalue weighted by molar-refractivity contribution is 5.63. The summed E-state index contributed by atoms with van der Waals surface area (Å²) in [5.74, 6) is 0.360. The average molecular weight is 431 g/mol. The van der Waals surface area contributed by atoms with Crippen molar-refractivity contribution in [3.05, 3.63) is 71.9 Å². The van der Waals surface area contributed by atoms with Gasteiger partial charge in [0.05, 0.1) is 6.10 Å². The molecule has 0 spiro atoms. The molecule has 1 aromatic heterocycles. The SMILES string of the molecule is CCC(C)Oc1ccc(N(C)c2nc(OCc3ccccc3)ncc2C(F)(F)F)cc1. The number of ether oxygens (including phenoxy) is 2. The molecule has 0 saturated carbocycles. The molecule has 0 aliphatic carbocycles. The molecule has 5 nitrogen and oxygen atoms in total. The van der Waals surface area contributed by atoms with Crippen molar-refractivity contribution in [1.82, 2.24) is 9.97 Å². The minimum absolute atomic E-state index is 0.0478. The van der Waals surface area contributed by atoms with Crippen molar-refractivity contribution in [3.63, 3.8) is 0 Å². The van der Waals surface area contributed by atoms with E-state index in [9.17, 15) is 13.2 Å². The van der Waals surface area contributed by atoms with E-state index < -0.39 is 11.7 Å². The molecular weight excluding hydrogens is 407 g/mol. The first-order valence-electron chi connectivity index (χ1n) is 9.89. The van der Waals surface area contributed by atoms with E-state index in [1.807, 2.05) is 44.2 Å². The van der Waals surface area contributed by atoms with Crippen LogP contribution in [0.3, 0.4) is 0 Å². The molecule has 0 bridgehead atoms. The Labute approximate surface area is 179 Å². The summed E-state index contributed by atoms with van der Waals surface area (Å²) in [5.41, 5.74) is 0.439. The molecule has 0 amide bonds. The first-order valence-corrected chi connectivity index (χ1v) is 9.89. The smallest absolute Gasteiger partial charge is 0.421 e. The monoisotopic (exact) mass is 431 g/mol. The van der Waals surface area contributed by atoms with Gasteiger partial charge in [0, 0.05) is 18.9 Å². The average Bonchev–Trinajstić information content (AvgIpc) is 2.77. The van der Waals surface area contributed by atoms with Crippen LogP contribution in [0.15, 0.2) is 60.8 Å². The summed E-state index contributed by atoms with van der Waals surface area (Å²) >= 11 is 0. The zero-order valence-electron chi connectivity index (χ0n) is 17.6. The van der Waals surface area contributed by atoms with Crippen LogP contribution in [0.25, 0.3) is 0 Å². The van der Waals surface area contributed by atoms with Crippen molar-refractivity contribution < 1.29 is 22.6 Å². The molecule has 8 heteroatoms. The van der Waals surface area contributed by atoms with E-state index in [4.69, 9.17) is 9.47 Å². The fourth-order valence-electron chi connectivity index (χ4n) is 2.79. The molecule has 0 saturated heterocycles. The number of nitrogens with zero attached hydrogens (tertiary/aromatic N) is 3. The molecule has 0 fully saturated rings. The summed E-state index contributed by atoms with van der Waals surface area (Å²) in [6.45, 7) is 4.11. The molecule has 31 heavy (non-hydrogen) atoms. The van der Waals surface area contributed by atoms with Crippen LogP contribution >= 0.6 is 0 Å². The highest BCUT2D eigenvalue weighted by Crippen LogP contribution is 2.38. The molecule has 0 radical (unpaired) electrons. The summed E-state index contributed by atoms with van der Waals surface area (Å²) in [6, 6.07) is 15.9. The summed E-state index contributed by atoms with van der Waals surface area (Å²) in [6.07, 6.45) is -2.96. The zero-order chi connectivity index (χ0) is 22.4. The van der Waals surface area contributed by atoms with Crippen molar-refractivity contribution in [3.8, 4) is 11.8 Å². The predicted molar refractivity (Wildman–Crippen MR) is 113 cm³/mol. The first kappa shape index (κ1) is 22.4. The number of hydrogen-bond acceptors (Lipinski definition) is 5. The highest BCUT2D eigenvalue weighted by atomic mass is 19.4. The van der Waals surface area contributed by atoms with E-state index >= 15 is 0 Å². The van der Waals surface area contributed by atoms with Crippen LogP contribution in [-0.4, -0.2) is 23.1 Å². The Bertz CT molecular complexity index is 980. The van der Waals surface area contributed by atoms with Gasteiger partial charge >= 0.3 is 12.2 Å². The van der Waals surface area contributed by atoms with Crippen LogP contribution in [0.2, 0.25) is 0 Å². The third-order valence-corrected chi connectivity index (χ3v) is 4.72. The summed E-state index contributed by atoms with van der Waals surface area (Å²) in [5, 5.41) is 0. The fraction of sp³-hybridized carbons (Fsp3) is 0.304. The lowest BCUT2D eigenvalue weighted by Crippen LogP contribution is -2.19. The van der Waals surface area contributed by atoms with Crippen molar-refractivity contribution >= 4 is 11.5 Å². The van der Waals surface area contributed by atoms with Crippen LogP contribution in [-0.2, 0) is 12.8 Å². The maximum Gasteiger partial charge on any atom is 0.421 e. The normalized spacial score (nSPS) is 12.3. The van der Waals surface area contributed by atoms with Crippen molar-refractivity contribution in [1.29, 1.82) is 0 Å². The van der Waals surface area contributed by atoms with Crippen LogP contribution in [0.4, 0.5) is 24.7 Å². The second-order valence-corrected chi connectivity index (χ2v) is 7.05. The number of rotatable bonds is 8. The van der Waals surface area contributed by atoms with Crippen LogP contribution in [0, 0.1) is 0 Å². The van der Waals surface area contributed by atoms with Gasteiger partial charge in [0.15, 0.2) is 5.82 Å². The third kappa shape index (κ3) is 5.87. The summed E-state index contributed by atoms with van der Waals surface area (Å²) in [4.78, 5) is 9.16. The lowest BCUT2D eigenvalue weighted by atomic mass is 10.2. The number of halogens is 3. The molecule has 0 N–H and O–H groups in total. The van der Waals surface area contributed by atoms with Gasteiger partial charge in [-0.1, -0.05) is 37.3 Å². The van der Waals surface area contributed by atoms with Crippen LogP contribution in [0.1, 0.15) is 31.4 Å². The van der Waals surface area contributed by atoms with Gasteiger partial charge in [0.2, 0.25) is 0 Å². The number of anilines is 2. The Kier molecular flexibility index (Phi) is 6.99. The Balaban J connectivity index is 1.86. The third-order valence-electron chi connectivity index (χ3n) is 4.72. The predicted octanol–water partition coefficient (Wildman–Crippen LogP) is 6.02. The molecule has 1 atom stereocenters. The van der Waals surface area contributed by atoms with E-state index in [0.29, 0.717) is 11.4 Å². The lowest BCUT2D eigenvalue weighted by Gasteiger charge is -2.23. The molecule has 3 rings (SSSR count). The Hall–Kier alpha value is -3.29. The standard InChI is InChI=1S/C23H24F3N3O2/c1-4-16(2)31-19-12-10-18(11-13-19)29(3)21-20(23(24,25)26)14-27-22(28-21)30-15-17-8-6-5-7-9-17/h5-14,16H,4,15H2,1-3H3. The van der Waals surface area contributed by atoms with E-state index in [1.165, 1.54) is 11.9 Å². The molecule has 3 aromatic rings. The minimum atomic E-state index is -4.61. The topological polar surface area (TPSA) is 47.5 Å². The quantitative estimate of drug-likeness (QED) is 0.437. The van der Waals surface area contributed by atoms with E-state index in [-0.39, 0.29) is 24.5 Å². The second kappa shape index (κ2) is 9.68. The fourth-order valence-corrected chi connectivity index (χ4v) is 2.79. The zero-order valence-corrected chi connectivity index (χ0v) is 17.6. The molecule has 2 aromatic carbocycles. The number of benzene rings is 2. The van der Waals surface area contributed by atoms with Crippen LogP contribution < -0.4 is 14.4 Å². The lowest BCUT2D eigenvalue weighted by molar-refractivity contribution is -0.137. The molecule has 164 valence electrons. The maximum atomic E-state index is 13.6. The number of aromatic nitrogens is 2. The van der Waals surface area contributed by atoms with Crippen molar-refractivity contribution in [2.45, 2.75) is 39.2 Å². The van der Waals surface area contributed by atoms with Gasteiger partial charge in [-0.05, 0) is 43.2 Å². The van der Waals surface area contributed by atoms with Gasteiger partial charge in [0.25, 0.3) is 0 Å². The number of alkyl halides is 3. The summed E-state index contributed by atoms with van der Waals surface area (Å²) < 4.78 is 52.0. The van der Waals surface area contributed by atoms with Gasteiger partial charge < -0.3 is 14.4 Å². The van der Waals surface area contributed by atoms with E-state index in [1.54, 1.807) is 24.3 Å². The maximum absolute atomic E-state index is 13.6. The molecule has 1 heterocycles. The van der Waals surface area contributed by atoms with E-state index in [0.717, 1.165) is 18.2 Å². The second-order valence-electron chi connectivity index (χ2n) is 7.05. The number of hydrogen-bond donors (Lipinski definition) is 0. The first-order chi connectivity index (χ1) is 14.8. The Morgan fingerprint density at radius 2 is 1.71 bits per heavy atom. The van der Waals surface area contributed by atoms with Gasteiger partial charge in [-0.3, -0.25) is 0 Å². The largest absolute Gasteiger partial charge is 0.491 e. The van der Waals surface area contributed by atoms with Gasteiger partial charge in [-0.25, -0.2) is 4.98 Å². The Morgan fingerprint density at radius 3 is 2.32 bits per heavy atom. The molecule has 0 aliphatic heterocycles. The van der Waals surface area contributed by atoms with Gasteiger partial charge in [0.1, 0.15) is 17.9 Å². The molecule has 0 aliphatic rings. The minimum Gasteiger partial charge on any atom is -0.491 e. The van der Waals surface area contributed by atoms with E-state index in [2.05, 4.69) is 9.97 Å². The van der Waals surface area contributed by atoms with Crippen molar-refractivity contribution in [2.75, 3.05) is 11.9 Å². The highest BCUT2D eigenvalue weighted by Gasteiger charge is 2.36.